The van der Waals surface area contributed by atoms with Gasteiger partial charge in [0.15, 0.2) is 5.69 Å². The molecule has 0 aliphatic carbocycles. The number of aromatic carboxylic acids is 1. The summed E-state index contributed by atoms with van der Waals surface area (Å²) < 4.78 is 5.70. The van der Waals surface area contributed by atoms with Crippen LogP contribution in [0.3, 0.4) is 0 Å². The number of hydrogen-bond acceptors (Lipinski definition) is 5. The van der Waals surface area contributed by atoms with Gasteiger partial charge in [-0.3, -0.25) is 4.79 Å². The number of carbonyl (C=O) groups excluding carboxylic acids is 1. The Labute approximate surface area is 128 Å². The van der Waals surface area contributed by atoms with E-state index in [2.05, 4.69) is 15.6 Å². The highest BCUT2D eigenvalue weighted by Gasteiger charge is 2.37. The van der Waals surface area contributed by atoms with E-state index in [0.717, 1.165) is 19.4 Å². The van der Waals surface area contributed by atoms with Gasteiger partial charge in [0.1, 0.15) is 5.82 Å². The van der Waals surface area contributed by atoms with Crippen LogP contribution in [0.25, 0.3) is 0 Å². The summed E-state index contributed by atoms with van der Waals surface area (Å²) in [5, 5.41) is 15.3. The topological polar surface area (TPSA) is 101 Å². The number of ether oxygens (including phenoxy) is 1. The minimum atomic E-state index is -1.06. The summed E-state index contributed by atoms with van der Waals surface area (Å²) in [6, 6.07) is 4.71. The number of aromatic nitrogens is 1. The first kappa shape index (κ1) is 14.8. The Bertz CT molecular complexity index is 572. The van der Waals surface area contributed by atoms with E-state index in [1.807, 2.05) is 0 Å². The predicted octanol–water partition coefficient (Wildman–Crippen LogP) is 1.02. The smallest absolute Gasteiger partial charge is 0.354 e. The van der Waals surface area contributed by atoms with Crippen molar-refractivity contribution in [2.45, 2.75) is 43.9 Å². The van der Waals surface area contributed by atoms with E-state index in [1.165, 1.54) is 6.07 Å². The second kappa shape index (κ2) is 6.31. The van der Waals surface area contributed by atoms with Gasteiger partial charge in [-0.15, -0.1) is 0 Å². The van der Waals surface area contributed by atoms with Crippen LogP contribution in [-0.2, 0) is 9.53 Å². The summed E-state index contributed by atoms with van der Waals surface area (Å²) in [5.41, 5.74) is -0.00138. The molecule has 2 aliphatic rings. The molecule has 3 unspecified atom stereocenters. The molecule has 22 heavy (non-hydrogen) atoms. The molecule has 0 aromatic carbocycles. The van der Waals surface area contributed by atoms with Gasteiger partial charge in [0, 0.05) is 13.0 Å². The molecular formula is C15H19N3O4. The minimum Gasteiger partial charge on any atom is -0.477 e. The molecule has 3 N–H and O–H groups in total. The number of nitrogens with zero attached hydrogens (tertiary/aromatic N) is 1. The van der Waals surface area contributed by atoms with Crippen LogP contribution in [0.15, 0.2) is 18.2 Å². The molecule has 3 rings (SSSR count). The summed E-state index contributed by atoms with van der Waals surface area (Å²) in [5.74, 6) is -0.522. The molecule has 118 valence electrons. The van der Waals surface area contributed by atoms with E-state index in [1.54, 1.807) is 12.1 Å². The van der Waals surface area contributed by atoms with Gasteiger partial charge in [0.05, 0.1) is 18.2 Å². The molecule has 0 bridgehead atoms. The van der Waals surface area contributed by atoms with E-state index in [0.29, 0.717) is 18.7 Å². The third-order valence-corrected chi connectivity index (χ3v) is 4.11. The molecule has 0 radical (unpaired) electrons. The Morgan fingerprint density at radius 3 is 3.00 bits per heavy atom. The minimum absolute atomic E-state index is 0.00138. The van der Waals surface area contributed by atoms with Crippen molar-refractivity contribution in [3.63, 3.8) is 0 Å². The highest BCUT2D eigenvalue weighted by molar-refractivity contribution is 5.85. The van der Waals surface area contributed by atoms with E-state index in [-0.39, 0.29) is 29.8 Å². The van der Waals surface area contributed by atoms with Crippen LogP contribution in [0.5, 0.6) is 0 Å². The molecule has 0 spiro atoms. The van der Waals surface area contributed by atoms with E-state index >= 15 is 0 Å². The number of carboxylic acids is 1. The van der Waals surface area contributed by atoms with Crippen molar-refractivity contribution >= 4 is 17.7 Å². The lowest BCUT2D eigenvalue weighted by molar-refractivity contribution is -0.124. The third kappa shape index (κ3) is 3.19. The molecule has 0 saturated carbocycles. The largest absolute Gasteiger partial charge is 0.477 e. The standard InChI is InChI=1S/C15H19N3O4/c19-13-7-6-9(14(18-13)11-4-2-8-22-11)16-12-5-1-3-10(17-12)15(20)21/h1,3,5,9,11,14H,2,4,6-8H2,(H,16,17)(H,18,19)(H,20,21). The molecule has 2 fully saturated rings. The van der Waals surface area contributed by atoms with E-state index in [4.69, 9.17) is 9.84 Å². The zero-order valence-electron chi connectivity index (χ0n) is 12.1. The first-order valence-electron chi connectivity index (χ1n) is 7.51. The maximum atomic E-state index is 11.7. The van der Waals surface area contributed by atoms with Crippen LogP contribution in [0.4, 0.5) is 5.82 Å². The second-order valence-corrected chi connectivity index (χ2v) is 5.65. The monoisotopic (exact) mass is 305 g/mol. The van der Waals surface area contributed by atoms with E-state index in [9.17, 15) is 9.59 Å². The van der Waals surface area contributed by atoms with Crippen molar-refractivity contribution in [1.82, 2.24) is 10.3 Å². The van der Waals surface area contributed by atoms with Gasteiger partial charge >= 0.3 is 5.97 Å². The molecule has 1 aromatic heterocycles. The van der Waals surface area contributed by atoms with Crippen LogP contribution in [0, 0.1) is 0 Å². The fourth-order valence-corrected chi connectivity index (χ4v) is 3.05. The number of pyridine rings is 1. The number of carbonyl (C=O) groups is 2. The van der Waals surface area contributed by atoms with Gasteiger partial charge in [-0.1, -0.05) is 6.07 Å². The van der Waals surface area contributed by atoms with Gasteiger partial charge in [-0.05, 0) is 31.4 Å². The SMILES string of the molecule is O=C1CCC(Nc2cccc(C(=O)O)n2)C(C2CCCO2)N1. The maximum Gasteiger partial charge on any atom is 0.354 e. The summed E-state index contributed by atoms with van der Waals surface area (Å²) in [4.78, 5) is 26.8. The van der Waals surface area contributed by atoms with Crippen molar-refractivity contribution in [2.24, 2.45) is 0 Å². The van der Waals surface area contributed by atoms with Crippen LogP contribution in [0.1, 0.15) is 36.2 Å². The molecule has 3 heterocycles. The lowest BCUT2D eigenvalue weighted by Gasteiger charge is -2.36. The molecule has 3 atom stereocenters. The molecule has 1 aromatic rings. The Morgan fingerprint density at radius 1 is 1.41 bits per heavy atom. The van der Waals surface area contributed by atoms with Crippen molar-refractivity contribution in [2.75, 3.05) is 11.9 Å². The molecular weight excluding hydrogens is 286 g/mol. The second-order valence-electron chi connectivity index (χ2n) is 5.65. The van der Waals surface area contributed by atoms with Gasteiger partial charge < -0.3 is 20.5 Å². The fraction of sp³-hybridized carbons (Fsp3) is 0.533. The maximum absolute atomic E-state index is 11.7. The van der Waals surface area contributed by atoms with Crippen LogP contribution < -0.4 is 10.6 Å². The van der Waals surface area contributed by atoms with E-state index < -0.39 is 5.97 Å². The first-order chi connectivity index (χ1) is 10.6. The number of anilines is 1. The van der Waals surface area contributed by atoms with Crippen molar-refractivity contribution in [1.29, 1.82) is 0 Å². The summed E-state index contributed by atoms with van der Waals surface area (Å²) in [7, 11) is 0. The summed E-state index contributed by atoms with van der Waals surface area (Å²) >= 11 is 0. The zero-order valence-corrected chi connectivity index (χ0v) is 12.1. The average molecular weight is 305 g/mol. The molecule has 7 nitrogen and oxygen atoms in total. The summed E-state index contributed by atoms with van der Waals surface area (Å²) in [6.07, 6.45) is 3.04. The lowest BCUT2D eigenvalue weighted by atomic mass is 9.92. The van der Waals surface area contributed by atoms with Gasteiger partial charge in [0.2, 0.25) is 5.91 Å². The Balaban J connectivity index is 1.75. The number of amides is 1. The Kier molecular flexibility index (Phi) is 4.24. The van der Waals surface area contributed by atoms with Crippen LogP contribution in [-0.4, -0.2) is 46.8 Å². The average Bonchev–Trinajstić information content (AvgIpc) is 3.03. The Morgan fingerprint density at radius 2 is 2.27 bits per heavy atom. The first-order valence-corrected chi connectivity index (χ1v) is 7.51. The highest BCUT2D eigenvalue weighted by atomic mass is 16.5. The number of carboxylic acid groups (broad SMARTS) is 1. The summed E-state index contributed by atoms with van der Waals surface area (Å²) in [6.45, 7) is 0.719. The van der Waals surface area contributed by atoms with Crippen molar-refractivity contribution in [3.8, 4) is 0 Å². The Hall–Kier alpha value is -2.15. The number of hydrogen-bond donors (Lipinski definition) is 3. The van der Waals surface area contributed by atoms with Crippen LogP contribution in [0.2, 0.25) is 0 Å². The zero-order chi connectivity index (χ0) is 15.5. The highest BCUT2D eigenvalue weighted by Crippen LogP contribution is 2.24. The molecule has 2 aliphatic heterocycles. The van der Waals surface area contributed by atoms with Gasteiger partial charge in [0.25, 0.3) is 0 Å². The fourth-order valence-electron chi connectivity index (χ4n) is 3.05. The lowest BCUT2D eigenvalue weighted by Crippen LogP contribution is -2.56. The number of rotatable bonds is 4. The van der Waals surface area contributed by atoms with Gasteiger partial charge in [-0.25, -0.2) is 9.78 Å². The normalized spacial score (nSPS) is 28.2. The molecule has 7 heteroatoms. The third-order valence-electron chi connectivity index (χ3n) is 4.11. The molecule has 1 amide bonds. The van der Waals surface area contributed by atoms with Crippen molar-refractivity contribution in [3.05, 3.63) is 23.9 Å². The molecule has 2 saturated heterocycles. The van der Waals surface area contributed by atoms with Gasteiger partial charge in [-0.2, -0.15) is 0 Å². The number of piperidine rings is 1. The van der Waals surface area contributed by atoms with Crippen LogP contribution >= 0.6 is 0 Å². The predicted molar refractivity (Wildman–Crippen MR) is 78.7 cm³/mol. The van der Waals surface area contributed by atoms with Crippen molar-refractivity contribution < 1.29 is 19.4 Å². The number of nitrogens with one attached hydrogen (secondary N) is 2. The quantitative estimate of drug-likeness (QED) is 0.768.